The summed E-state index contributed by atoms with van der Waals surface area (Å²) >= 11 is 1.57. The molecule has 2 fully saturated rings. The molecule has 0 aromatic carbocycles. The number of aliphatic hydroxyl groups excluding tert-OH is 1. The number of hydrogen-bond acceptors (Lipinski definition) is 5. The summed E-state index contributed by atoms with van der Waals surface area (Å²) < 4.78 is -1.41. The van der Waals surface area contributed by atoms with Crippen molar-refractivity contribution in [2.45, 2.75) is 55.3 Å². The molecule has 6 atom stereocenters. The van der Waals surface area contributed by atoms with E-state index in [0.29, 0.717) is 13.1 Å². The van der Waals surface area contributed by atoms with Gasteiger partial charge < -0.3 is 19.8 Å². The van der Waals surface area contributed by atoms with Crippen LogP contribution in [0.2, 0.25) is 0 Å². The van der Waals surface area contributed by atoms with Gasteiger partial charge in [-0.1, -0.05) is 24.3 Å². The Morgan fingerprint density at radius 3 is 2.37 bits per heavy atom. The van der Waals surface area contributed by atoms with Crippen molar-refractivity contribution < 1.29 is 19.5 Å². The van der Waals surface area contributed by atoms with Gasteiger partial charge >= 0.3 is 0 Å². The molecular formula is C22H31N3O4S. The Bertz CT molecular complexity index is 842. The van der Waals surface area contributed by atoms with E-state index >= 15 is 0 Å². The van der Waals surface area contributed by atoms with Gasteiger partial charge in [-0.3, -0.25) is 14.4 Å². The minimum Gasteiger partial charge on any atom is -0.394 e. The molecule has 1 N–H and O–H groups in total. The third-order valence-electron chi connectivity index (χ3n) is 7.09. The van der Waals surface area contributed by atoms with Crippen LogP contribution >= 0.6 is 11.8 Å². The minimum absolute atomic E-state index is 0.0159. The predicted octanol–water partition coefficient (Wildman–Crippen LogP) is 0.890. The molecule has 30 heavy (non-hydrogen) atoms. The fourth-order valence-corrected chi connectivity index (χ4v) is 7.77. The van der Waals surface area contributed by atoms with Crippen molar-refractivity contribution in [2.75, 3.05) is 26.7 Å². The van der Waals surface area contributed by atoms with E-state index in [0.717, 1.165) is 0 Å². The molecule has 4 rings (SSSR count). The van der Waals surface area contributed by atoms with E-state index in [-0.39, 0.29) is 30.4 Å². The molecular weight excluding hydrogens is 402 g/mol. The number of amides is 3. The maximum atomic E-state index is 13.8. The van der Waals surface area contributed by atoms with Crippen LogP contribution < -0.4 is 0 Å². The summed E-state index contributed by atoms with van der Waals surface area (Å²) in [5.41, 5.74) is 0. The fourth-order valence-electron chi connectivity index (χ4n) is 5.63. The first kappa shape index (κ1) is 21.4. The number of carbonyl (C=O) groups is 3. The van der Waals surface area contributed by atoms with Crippen molar-refractivity contribution >= 4 is 29.5 Å². The van der Waals surface area contributed by atoms with Crippen LogP contribution in [-0.4, -0.2) is 91.9 Å². The lowest BCUT2D eigenvalue weighted by Crippen LogP contribution is -2.57. The fraction of sp³-hybridized carbons (Fsp3) is 0.682. The second-order valence-electron chi connectivity index (χ2n) is 9.38. The number of likely N-dealkylation sites (tertiary alicyclic amines) is 1. The zero-order chi connectivity index (χ0) is 22.0. The summed E-state index contributed by atoms with van der Waals surface area (Å²) in [5.74, 6) is -1.57. The zero-order valence-electron chi connectivity index (χ0n) is 18.2. The Hall–Kier alpha value is -1.80. The first-order chi connectivity index (χ1) is 14.1. The van der Waals surface area contributed by atoms with Crippen molar-refractivity contribution in [1.82, 2.24) is 14.7 Å². The Kier molecular flexibility index (Phi) is 5.09. The monoisotopic (exact) mass is 433 g/mol. The van der Waals surface area contributed by atoms with Crippen LogP contribution in [-0.2, 0) is 14.4 Å². The van der Waals surface area contributed by atoms with Gasteiger partial charge in [-0.05, 0) is 27.7 Å². The van der Waals surface area contributed by atoms with E-state index in [2.05, 4.69) is 0 Å². The van der Waals surface area contributed by atoms with Gasteiger partial charge in [0.2, 0.25) is 17.7 Å². The number of rotatable bonds is 3. The van der Waals surface area contributed by atoms with Crippen LogP contribution in [0.15, 0.2) is 24.3 Å². The second kappa shape index (κ2) is 7.12. The molecule has 0 aromatic heterocycles. The highest BCUT2D eigenvalue weighted by Gasteiger charge is 2.74. The number of carbonyl (C=O) groups excluding carboxylic acids is 3. The number of thioether (sulfide) groups is 1. The average Bonchev–Trinajstić information content (AvgIpc) is 2.97. The van der Waals surface area contributed by atoms with Crippen LogP contribution in [0.4, 0.5) is 0 Å². The van der Waals surface area contributed by atoms with Crippen LogP contribution in [0.3, 0.4) is 0 Å². The van der Waals surface area contributed by atoms with Crippen LogP contribution in [0, 0.1) is 11.8 Å². The first-order valence-corrected chi connectivity index (χ1v) is 11.4. The van der Waals surface area contributed by atoms with Gasteiger partial charge in [-0.25, -0.2) is 0 Å². The van der Waals surface area contributed by atoms with Crippen molar-refractivity contribution in [1.29, 1.82) is 0 Å². The van der Waals surface area contributed by atoms with E-state index in [1.165, 1.54) is 0 Å². The molecule has 0 aromatic rings. The smallest absolute Gasteiger partial charge is 0.247 e. The van der Waals surface area contributed by atoms with E-state index in [9.17, 15) is 19.5 Å². The maximum Gasteiger partial charge on any atom is 0.247 e. The summed E-state index contributed by atoms with van der Waals surface area (Å²) in [6.45, 7) is 8.45. The highest BCUT2D eigenvalue weighted by atomic mass is 32.2. The number of fused-ring (bicyclic) bond motifs is 2. The molecule has 1 unspecified atom stereocenters. The third kappa shape index (κ3) is 2.72. The molecule has 0 saturated carbocycles. The molecule has 0 aliphatic carbocycles. The highest BCUT2D eigenvalue weighted by Crippen LogP contribution is 2.65. The summed E-state index contributed by atoms with van der Waals surface area (Å²) in [5, 5.41) is 9.89. The molecule has 1 spiro atoms. The van der Waals surface area contributed by atoms with Gasteiger partial charge in [0.05, 0.1) is 29.2 Å². The van der Waals surface area contributed by atoms with E-state index in [1.54, 1.807) is 40.4 Å². The quantitative estimate of drug-likeness (QED) is 0.669. The Morgan fingerprint density at radius 1 is 1.07 bits per heavy atom. The molecule has 4 aliphatic heterocycles. The molecule has 4 heterocycles. The van der Waals surface area contributed by atoms with Gasteiger partial charge in [-0.15, -0.1) is 11.8 Å². The van der Waals surface area contributed by atoms with Crippen molar-refractivity contribution in [2.24, 2.45) is 11.8 Å². The van der Waals surface area contributed by atoms with Crippen molar-refractivity contribution in [3.05, 3.63) is 24.3 Å². The van der Waals surface area contributed by atoms with Crippen LogP contribution in [0.5, 0.6) is 0 Å². The molecule has 4 aliphatic rings. The molecule has 0 bridgehead atoms. The molecule has 8 heteroatoms. The van der Waals surface area contributed by atoms with E-state index in [4.69, 9.17) is 0 Å². The zero-order valence-corrected chi connectivity index (χ0v) is 19.1. The summed E-state index contributed by atoms with van der Waals surface area (Å²) in [7, 11) is 1.76. The normalized spacial score (nSPS) is 39.2. The van der Waals surface area contributed by atoms with E-state index in [1.807, 2.05) is 45.1 Å². The molecule has 0 radical (unpaired) electrons. The second-order valence-corrected chi connectivity index (χ2v) is 11.2. The summed E-state index contributed by atoms with van der Waals surface area (Å²) in [6.07, 6.45) is 8.02. The van der Waals surface area contributed by atoms with Gasteiger partial charge in [0, 0.05) is 30.9 Å². The minimum atomic E-state index is -0.834. The topological polar surface area (TPSA) is 81.2 Å². The number of nitrogens with zero attached hydrogens (tertiary/aromatic N) is 3. The van der Waals surface area contributed by atoms with Gasteiger partial charge in [0.1, 0.15) is 6.04 Å². The standard InChI is InChI=1S/C22H31N3O4S/c1-13(2)24-11-7-9-22-16(19(28)25(14(3)12-26)17(22)20(24)29)15-18(27)23(5)10-6-8-21(15,4)30-22/h6-9,13-17,26H,10-12H2,1-5H3/t14-,15-,16+,17?,21+,22+/m1/s1. The molecule has 7 nitrogen and oxygen atoms in total. The van der Waals surface area contributed by atoms with Crippen LogP contribution in [0.25, 0.3) is 0 Å². The Balaban J connectivity index is 1.92. The van der Waals surface area contributed by atoms with Crippen molar-refractivity contribution in [3.63, 3.8) is 0 Å². The molecule has 164 valence electrons. The number of hydrogen-bond donors (Lipinski definition) is 1. The lowest BCUT2D eigenvalue weighted by molar-refractivity contribution is -0.147. The summed E-state index contributed by atoms with van der Waals surface area (Å²) in [6, 6.07) is -1.26. The van der Waals surface area contributed by atoms with Gasteiger partial charge in [-0.2, -0.15) is 0 Å². The van der Waals surface area contributed by atoms with Gasteiger partial charge in [0.25, 0.3) is 0 Å². The lowest BCUT2D eigenvalue weighted by Gasteiger charge is -2.39. The van der Waals surface area contributed by atoms with Gasteiger partial charge in [0.15, 0.2) is 0 Å². The maximum absolute atomic E-state index is 13.8. The number of aliphatic hydroxyl groups is 1. The SMILES string of the molecule is CC(C)N1CC=C[C@]23S[C@@]4(C)C=CCN(C)C(=O)[C@H]4[C@H]2C(=O)N([C@H](C)CO)C3C1=O. The molecule has 3 amide bonds. The molecule has 2 saturated heterocycles. The van der Waals surface area contributed by atoms with Crippen molar-refractivity contribution in [3.8, 4) is 0 Å². The Morgan fingerprint density at radius 2 is 1.73 bits per heavy atom. The third-order valence-corrected chi connectivity index (χ3v) is 8.89. The largest absolute Gasteiger partial charge is 0.394 e. The lowest BCUT2D eigenvalue weighted by atomic mass is 9.74. The highest BCUT2D eigenvalue weighted by molar-refractivity contribution is 8.02. The predicted molar refractivity (Wildman–Crippen MR) is 116 cm³/mol. The van der Waals surface area contributed by atoms with Crippen LogP contribution in [0.1, 0.15) is 27.7 Å². The number of likely N-dealkylation sites (N-methyl/N-ethyl adjacent to an activating group) is 1. The Labute approximate surface area is 182 Å². The average molecular weight is 434 g/mol. The van der Waals surface area contributed by atoms with E-state index < -0.39 is 33.4 Å². The summed E-state index contributed by atoms with van der Waals surface area (Å²) in [4.78, 5) is 46.1. The first-order valence-electron chi connectivity index (χ1n) is 10.6.